The van der Waals surface area contributed by atoms with Gasteiger partial charge < -0.3 is 94.8 Å². The summed E-state index contributed by atoms with van der Waals surface area (Å²) in [5.74, 6) is -2.41. The highest BCUT2D eigenvalue weighted by Crippen LogP contribution is 2.43. The Morgan fingerprint density at radius 2 is 1.30 bits per heavy atom. The van der Waals surface area contributed by atoms with E-state index in [4.69, 9.17) is 32.8 Å². The van der Waals surface area contributed by atoms with Gasteiger partial charge in [-0.2, -0.15) is 0 Å². The van der Waals surface area contributed by atoms with Crippen LogP contribution in [0.2, 0.25) is 0 Å². The van der Waals surface area contributed by atoms with Crippen LogP contribution in [0.25, 0.3) is 22.3 Å². The van der Waals surface area contributed by atoms with Crippen molar-refractivity contribution in [3.8, 4) is 40.1 Å². The number of benzene rings is 2. The summed E-state index contributed by atoms with van der Waals surface area (Å²) in [4.78, 5) is 0. The molecule has 20 heteroatoms. The van der Waals surface area contributed by atoms with Gasteiger partial charge in [0.1, 0.15) is 77.9 Å². The molecule has 15 atom stereocenters. The molecule has 0 radical (unpaired) electrons. The number of phenolic OH excluding ortho intramolecular Hbond substituents is 4. The van der Waals surface area contributed by atoms with Gasteiger partial charge >= 0.3 is 11.3 Å². The van der Waals surface area contributed by atoms with Crippen molar-refractivity contribution in [1.82, 2.24) is 0 Å². The molecule has 1 aromatic heterocycles. The highest BCUT2D eigenvalue weighted by molar-refractivity contribution is 5.88. The van der Waals surface area contributed by atoms with Gasteiger partial charge in [-0.25, -0.2) is 4.42 Å². The highest BCUT2D eigenvalue weighted by atomic mass is 16.8. The van der Waals surface area contributed by atoms with Gasteiger partial charge in [0.05, 0.1) is 30.9 Å². The third-order valence-electron chi connectivity index (χ3n) is 9.31. The minimum Gasteiger partial charge on any atom is -0.507 e. The largest absolute Gasteiger partial charge is 0.507 e. The van der Waals surface area contributed by atoms with Crippen molar-refractivity contribution >= 4 is 11.0 Å². The van der Waals surface area contributed by atoms with Crippen LogP contribution in [0, 0.1) is 0 Å². The lowest BCUT2D eigenvalue weighted by atomic mass is 9.97. The molecule has 13 N–H and O–H groups in total. The van der Waals surface area contributed by atoms with Gasteiger partial charge in [-0.15, -0.1) is 0 Å². The number of rotatable bonds is 9. The van der Waals surface area contributed by atoms with Crippen LogP contribution >= 0.6 is 0 Å². The van der Waals surface area contributed by atoms with E-state index in [-0.39, 0.29) is 33.8 Å². The first-order valence-corrected chi connectivity index (χ1v) is 16.4. The fraction of sp³-hybridized carbons (Fsp3) is 0.545. The van der Waals surface area contributed by atoms with E-state index in [1.807, 2.05) is 0 Å². The third-order valence-corrected chi connectivity index (χ3v) is 9.31. The van der Waals surface area contributed by atoms with Gasteiger partial charge in [0.15, 0.2) is 30.2 Å². The highest BCUT2D eigenvalue weighted by Gasteiger charge is 2.52. The van der Waals surface area contributed by atoms with Crippen LogP contribution in [-0.2, 0) is 23.7 Å². The van der Waals surface area contributed by atoms with Gasteiger partial charge in [0, 0.05) is 18.2 Å². The predicted molar refractivity (Wildman–Crippen MR) is 171 cm³/mol. The number of hydrogen-bond acceptors (Lipinski definition) is 19. The number of hydrogen-bond donors (Lipinski definition) is 13. The van der Waals surface area contributed by atoms with Crippen molar-refractivity contribution in [3.05, 3.63) is 36.4 Å². The Kier molecular flexibility index (Phi) is 11.5. The lowest BCUT2D eigenvalue weighted by Gasteiger charge is -2.46. The maximum atomic E-state index is 11.4. The minimum atomic E-state index is -2.00. The lowest BCUT2D eigenvalue weighted by Crippen LogP contribution is -2.65. The Labute approximate surface area is 299 Å². The number of phenols is 4. The number of aliphatic hydroxyl groups is 9. The van der Waals surface area contributed by atoms with Gasteiger partial charge in [0.25, 0.3) is 0 Å². The summed E-state index contributed by atoms with van der Waals surface area (Å²) >= 11 is 0. The third kappa shape index (κ3) is 7.65. The second kappa shape index (κ2) is 15.6. The molecule has 0 bridgehead atoms. The van der Waals surface area contributed by atoms with Crippen molar-refractivity contribution in [2.45, 2.75) is 99.0 Å². The van der Waals surface area contributed by atoms with Crippen molar-refractivity contribution in [1.29, 1.82) is 0 Å². The van der Waals surface area contributed by atoms with E-state index in [2.05, 4.69) is 0 Å². The average Bonchev–Trinajstić information content (AvgIpc) is 3.12. The van der Waals surface area contributed by atoms with E-state index in [1.165, 1.54) is 19.1 Å². The molecule has 53 heavy (non-hydrogen) atoms. The van der Waals surface area contributed by atoms with E-state index in [9.17, 15) is 66.4 Å². The van der Waals surface area contributed by atoms with E-state index >= 15 is 0 Å². The van der Waals surface area contributed by atoms with Gasteiger partial charge in [-0.1, -0.05) is 0 Å². The van der Waals surface area contributed by atoms with Gasteiger partial charge in [-0.05, 0) is 19.1 Å². The number of aliphatic hydroxyl groups excluding tert-OH is 9. The second-order valence-electron chi connectivity index (χ2n) is 13.0. The molecule has 0 spiro atoms. The van der Waals surface area contributed by atoms with E-state index in [1.54, 1.807) is 0 Å². The number of aromatic hydroxyl groups is 4. The Bertz CT molecular complexity index is 1740. The molecular formula is C33H41O20+. The van der Waals surface area contributed by atoms with E-state index < -0.39 is 123 Å². The second-order valence-corrected chi connectivity index (χ2v) is 13.0. The Hall–Kier alpha value is -3.71. The first kappa shape index (κ1) is 39.0. The summed E-state index contributed by atoms with van der Waals surface area (Å²) in [6.45, 7) is -0.0603. The molecule has 0 amide bonds. The quantitative estimate of drug-likeness (QED) is 0.0767. The monoisotopic (exact) mass is 757 g/mol. The van der Waals surface area contributed by atoms with Crippen LogP contribution < -0.4 is 4.74 Å². The average molecular weight is 758 g/mol. The van der Waals surface area contributed by atoms with Crippen molar-refractivity contribution in [2.24, 2.45) is 0 Å². The molecule has 3 aromatic rings. The van der Waals surface area contributed by atoms with Crippen LogP contribution in [-0.4, -0.2) is 172 Å². The molecule has 6 rings (SSSR count). The Morgan fingerprint density at radius 1 is 0.642 bits per heavy atom. The summed E-state index contributed by atoms with van der Waals surface area (Å²) in [6, 6.07) is 6.93. The maximum absolute atomic E-state index is 11.4. The lowest BCUT2D eigenvalue weighted by molar-refractivity contribution is -0.362. The van der Waals surface area contributed by atoms with Crippen LogP contribution in [0.3, 0.4) is 0 Å². The molecule has 3 aliphatic rings. The summed E-state index contributed by atoms with van der Waals surface area (Å²) < 4.78 is 40.4. The normalized spacial score (nSPS) is 37.8. The summed E-state index contributed by atoms with van der Waals surface area (Å²) in [5.41, 5.74) is -0.00795. The molecule has 2 aromatic carbocycles. The van der Waals surface area contributed by atoms with Crippen LogP contribution in [0.15, 0.2) is 40.8 Å². The van der Waals surface area contributed by atoms with Crippen LogP contribution in [0.4, 0.5) is 0 Å². The molecule has 0 saturated carbocycles. The smallest absolute Gasteiger partial charge is 0.402 e. The molecule has 3 saturated heterocycles. The zero-order valence-electron chi connectivity index (χ0n) is 27.7. The van der Waals surface area contributed by atoms with E-state index in [0.717, 1.165) is 24.3 Å². The zero-order chi connectivity index (χ0) is 38.5. The summed E-state index contributed by atoms with van der Waals surface area (Å²) in [5, 5.41) is 135. The Balaban J connectivity index is 1.37. The molecule has 3 aliphatic heterocycles. The van der Waals surface area contributed by atoms with Crippen molar-refractivity contribution in [3.63, 3.8) is 0 Å². The molecule has 3 fully saturated rings. The fourth-order valence-corrected chi connectivity index (χ4v) is 6.22. The number of ether oxygens (including phenoxy) is 6. The summed E-state index contributed by atoms with van der Waals surface area (Å²) in [7, 11) is 0. The molecule has 0 aliphatic carbocycles. The Morgan fingerprint density at radius 3 is 2.00 bits per heavy atom. The SMILES string of the molecule is C[C@H]1O[C@@H](OC[C@@H]2O[C@H](Oc3cc4c(O)cc(O)cc4[o+]c3-c3ccc(O)c(O)c3)[C@@H](O[C@@H]3O[C@H](CO)[C@@H](O)[C@H](O)[C@H]3O)[C@H](O)[C@H]2O)[C@@H](O)[C@@H](O)[C@@H]1O. The standard InChI is InChI=1S/C33H40O20/c1-10-21(39)24(42)27(45)31(48-10)47-9-20-23(41)26(44)30(53-32-28(46)25(43)22(40)19(8-34)51-32)33(52-20)50-18-7-13-15(37)5-12(35)6-17(13)49-29(18)11-2-3-14(36)16(38)4-11/h2-7,10,19-28,30-34,39-46H,8-9H2,1H3,(H3-,35,36,37,38)/p+1/t10-,19-,20+,21-,22-,23+,24+,25+,26-,27+,28-,30+,31-,32+,33+/m1/s1. The minimum absolute atomic E-state index is 0.0227. The molecule has 0 unspecified atom stereocenters. The van der Waals surface area contributed by atoms with Gasteiger partial charge in [0.2, 0.25) is 12.0 Å². The molecular weight excluding hydrogens is 716 g/mol. The van der Waals surface area contributed by atoms with Crippen molar-refractivity contribution < 1.29 is 99.2 Å². The van der Waals surface area contributed by atoms with Crippen molar-refractivity contribution in [2.75, 3.05) is 13.2 Å². The number of fused-ring (bicyclic) bond motifs is 1. The zero-order valence-corrected chi connectivity index (χ0v) is 27.7. The first-order chi connectivity index (χ1) is 25.1. The maximum Gasteiger partial charge on any atom is 0.402 e. The fourth-order valence-electron chi connectivity index (χ4n) is 6.22. The first-order valence-electron chi connectivity index (χ1n) is 16.4. The molecule has 20 nitrogen and oxygen atoms in total. The van der Waals surface area contributed by atoms with Crippen LogP contribution in [0.5, 0.6) is 28.7 Å². The molecule has 4 heterocycles. The van der Waals surface area contributed by atoms with E-state index in [0.29, 0.717) is 0 Å². The predicted octanol–water partition coefficient (Wildman–Crippen LogP) is -2.94. The summed E-state index contributed by atoms with van der Waals surface area (Å²) in [6.07, 6.45) is -25.4. The van der Waals surface area contributed by atoms with Gasteiger partial charge in [-0.3, -0.25) is 0 Å². The topological polar surface area (TPSA) is 330 Å². The van der Waals surface area contributed by atoms with Crippen LogP contribution in [0.1, 0.15) is 6.92 Å². The molecule has 292 valence electrons.